The quantitative estimate of drug-likeness (QED) is 0.322. The van der Waals surface area contributed by atoms with Gasteiger partial charge >= 0.3 is 8.41 Å². The molecule has 0 unspecified atom stereocenters. The van der Waals surface area contributed by atoms with E-state index in [2.05, 4.69) is 6.92 Å². The number of hydrogen-bond donors (Lipinski definition) is 1. The molecule has 5 heteroatoms. The van der Waals surface area contributed by atoms with Crippen LogP contribution in [0.3, 0.4) is 0 Å². The summed E-state index contributed by atoms with van der Waals surface area (Å²) in [4.78, 5) is 0. The summed E-state index contributed by atoms with van der Waals surface area (Å²) < 4.78 is 0. The van der Waals surface area contributed by atoms with E-state index in [4.69, 9.17) is 5.11 Å². The van der Waals surface area contributed by atoms with Crippen LogP contribution in [0.15, 0.2) is 0 Å². The Balaban J connectivity index is -0.0000000833. The first-order chi connectivity index (χ1) is 5.41. The van der Waals surface area contributed by atoms with Gasteiger partial charge in [0, 0.05) is 6.61 Å². The van der Waals surface area contributed by atoms with Gasteiger partial charge in [-0.2, -0.15) is 0 Å². The van der Waals surface area contributed by atoms with Crippen LogP contribution < -0.4 is 14.1 Å². The zero-order chi connectivity index (χ0) is 8.36. The largest absolute Gasteiger partial charge is 3.00 e. The molecule has 0 aromatic heterocycles. The van der Waals surface area contributed by atoms with Crippen LogP contribution in [0.4, 0.5) is 0 Å². The van der Waals surface area contributed by atoms with E-state index < -0.39 is 0 Å². The van der Waals surface area contributed by atoms with Crippen molar-refractivity contribution in [2.75, 3.05) is 6.61 Å². The minimum Gasteiger partial charge on any atom is -1.00 e. The number of hydrogen-bond acceptors (Lipinski definition) is 1. The van der Waals surface area contributed by atoms with Crippen LogP contribution in [0, 0.1) is 0 Å². The van der Waals surface area contributed by atoms with Gasteiger partial charge in [0.1, 0.15) is 0 Å². The maximum atomic E-state index is 8.51. The van der Waals surface area contributed by atoms with Gasteiger partial charge in [0.2, 0.25) is 0 Å². The fourth-order valence-electron chi connectivity index (χ4n) is 1.25. The molecule has 0 radical (unpaired) electrons. The van der Waals surface area contributed by atoms with Crippen molar-refractivity contribution in [2.24, 2.45) is 0 Å². The van der Waals surface area contributed by atoms with E-state index in [0.717, 1.165) is 6.42 Å². The van der Waals surface area contributed by atoms with Crippen LogP contribution in [0.2, 0.25) is 0 Å². The van der Waals surface area contributed by atoms with Gasteiger partial charge in [-0.05, 0) is 6.42 Å². The first-order valence-corrected chi connectivity index (χ1v) is 5.02. The molecule has 0 aromatic carbocycles. The van der Waals surface area contributed by atoms with Gasteiger partial charge in [0.05, 0.1) is 0 Å². The SMILES string of the molecule is CCCCCCCCCCO.[B+3].[F-].[F-].[F-]. The average Bonchev–Trinajstić information content (AvgIpc) is 2.03. The topological polar surface area (TPSA) is 20.2 Å². The Hall–Kier alpha value is -0.185. The zero-order valence-corrected chi connectivity index (χ0v) is 9.52. The fourth-order valence-corrected chi connectivity index (χ4v) is 1.25. The predicted octanol–water partition coefficient (Wildman–Crippen LogP) is -6.25. The Morgan fingerprint density at radius 2 is 1.00 bits per heavy atom. The molecule has 0 heterocycles. The van der Waals surface area contributed by atoms with Crippen molar-refractivity contribution < 1.29 is 19.2 Å². The molecule has 0 aliphatic rings. The molecular formula is C10H22BF3O. The Morgan fingerprint density at radius 1 is 0.667 bits per heavy atom. The minimum absolute atomic E-state index is 0. The van der Waals surface area contributed by atoms with Gasteiger partial charge in [-0.1, -0.05) is 51.9 Å². The van der Waals surface area contributed by atoms with E-state index in [-0.39, 0.29) is 22.5 Å². The Labute approximate surface area is 93.3 Å². The van der Waals surface area contributed by atoms with Crippen molar-refractivity contribution in [2.45, 2.75) is 58.3 Å². The second-order valence-corrected chi connectivity index (χ2v) is 3.20. The first kappa shape index (κ1) is 29.4. The summed E-state index contributed by atoms with van der Waals surface area (Å²) in [5, 5.41) is 8.51. The fraction of sp³-hybridized carbons (Fsp3) is 1.00. The van der Waals surface area contributed by atoms with E-state index in [1.54, 1.807) is 0 Å². The van der Waals surface area contributed by atoms with Crippen molar-refractivity contribution in [3.8, 4) is 0 Å². The van der Waals surface area contributed by atoms with Gasteiger partial charge < -0.3 is 19.2 Å². The summed E-state index contributed by atoms with van der Waals surface area (Å²) in [5.74, 6) is 0. The molecule has 1 N–H and O–H groups in total. The molecule has 1 nitrogen and oxygen atoms in total. The molecule has 0 saturated heterocycles. The van der Waals surface area contributed by atoms with Crippen LogP contribution in [-0.2, 0) is 0 Å². The molecule has 15 heavy (non-hydrogen) atoms. The van der Waals surface area contributed by atoms with Crippen molar-refractivity contribution >= 4 is 8.41 Å². The third-order valence-corrected chi connectivity index (χ3v) is 2.01. The number of unbranched alkanes of at least 4 members (excludes halogenated alkanes) is 7. The van der Waals surface area contributed by atoms with E-state index in [1.165, 1.54) is 44.9 Å². The molecule has 0 rings (SSSR count). The molecule has 0 aliphatic heterocycles. The molecule has 0 aromatic rings. The summed E-state index contributed by atoms with van der Waals surface area (Å²) in [6, 6.07) is 0. The predicted molar refractivity (Wildman–Crippen MR) is 55.4 cm³/mol. The Morgan fingerprint density at radius 3 is 1.33 bits per heavy atom. The van der Waals surface area contributed by atoms with Gasteiger partial charge in [-0.3, -0.25) is 0 Å². The molecule has 0 spiro atoms. The van der Waals surface area contributed by atoms with Gasteiger partial charge in [0.25, 0.3) is 0 Å². The molecule has 92 valence electrons. The molecular weight excluding hydrogens is 204 g/mol. The van der Waals surface area contributed by atoms with Crippen molar-refractivity contribution in [3.63, 3.8) is 0 Å². The summed E-state index contributed by atoms with van der Waals surface area (Å²) in [7, 11) is 0. The van der Waals surface area contributed by atoms with E-state index >= 15 is 0 Å². The molecule has 0 saturated carbocycles. The van der Waals surface area contributed by atoms with Crippen LogP contribution in [-0.4, -0.2) is 20.1 Å². The van der Waals surface area contributed by atoms with Crippen molar-refractivity contribution in [3.05, 3.63) is 0 Å². The average molecular weight is 226 g/mol. The smallest absolute Gasteiger partial charge is 1.00 e. The summed E-state index contributed by atoms with van der Waals surface area (Å²) >= 11 is 0. The first-order valence-electron chi connectivity index (χ1n) is 5.02. The second kappa shape index (κ2) is 29.2. The molecule has 0 aliphatic carbocycles. The third-order valence-electron chi connectivity index (χ3n) is 2.01. The van der Waals surface area contributed by atoms with Crippen LogP contribution >= 0.6 is 0 Å². The van der Waals surface area contributed by atoms with E-state index in [9.17, 15) is 0 Å². The summed E-state index contributed by atoms with van der Waals surface area (Å²) in [6.07, 6.45) is 10.4. The standard InChI is InChI=1S/C10H22O.B.3FH/c1-2-3-4-5-6-7-8-9-10-11;;;;/h11H,2-10H2,1H3;;3*1H/q;+3;;;/p-3. The van der Waals surface area contributed by atoms with E-state index in [1.807, 2.05) is 0 Å². The van der Waals surface area contributed by atoms with Crippen LogP contribution in [0.1, 0.15) is 58.3 Å². The number of rotatable bonds is 8. The second-order valence-electron chi connectivity index (χ2n) is 3.20. The summed E-state index contributed by atoms with van der Waals surface area (Å²) in [5.41, 5.74) is 0. The number of aliphatic hydroxyl groups excluding tert-OH is 1. The third kappa shape index (κ3) is 31.6. The Bertz CT molecular complexity index is 69.7. The molecule has 0 atom stereocenters. The van der Waals surface area contributed by atoms with E-state index in [0.29, 0.717) is 6.61 Å². The Kier molecular flexibility index (Phi) is 57.1. The normalized spacial score (nSPS) is 7.60. The maximum absolute atomic E-state index is 8.51. The van der Waals surface area contributed by atoms with Crippen molar-refractivity contribution in [1.82, 2.24) is 0 Å². The van der Waals surface area contributed by atoms with Crippen LogP contribution in [0.25, 0.3) is 0 Å². The zero-order valence-electron chi connectivity index (χ0n) is 9.52. The number of aliphatic hydroxyl groups is 1. The van der Waals surface area contributed by atoms with Gasteiger partial charge in [-0.25, -0.2) is 0 Å². The summed E-state index contributed by atoms with van der Waals surface area (Å²) in [6.45, 7) is 2.61. The molecule has 0 fully saturated rings. The van der Waals surface area contributed by atoms with Gasteiger partial charge in [-0.15, -0.1) is 0 Å². The number of halogens is 3. The molecule has 0 bridgehead atoms. The van der Waals surface area contributed by atoms with Crippen LogP contribution in [0.5, 0.6) is 0 Å². The monoisotopic (exact) mass is 226 g/mol. The minimum atomic E-state index is 0. The van der Waals surface area contributed by atoms with Gasteiger partial charge in [0.15, 0.2) is 0 Å². The molecule has 0 amide bonds. The maximum Gasteiger partial charge on any atom is 3.00 e. The van der Waals surface area contributed by atoms with Crippen molar-refractivity contribution in [1.29, 1.82) is 0 Å².